The number of aliphatic hydroxyl groups is 4. The van der Waals surface area contributed by atoms with Crippen molar-refractivity contribution in [3.05, 3.63) is 77.1 Å². The maximum Gasteiger partial charge on any atom is 0.330 e. The zero-order chi connectivity index (χ0) is 33.1. The molecule has 0 saturated carbocycles. The second-order valence-electron chi connectivity index (χ2n) is 10.4. The summed E-state index contributed by atoms with van der Waals surface area (Å²) in [4.78, 5) is 12.3. The Labute approximate surface area is 262 Å². The standard InChI is InChI=1S/C32H32O14/c1-41-22-9-16(10-23(42-2)27(22)37)31-24(13-19-20(35)11-18(34)12-21(19)44-31)45-32-30(40)29(39)28(38)25(46-32)14-43-26(36)8-5-15-3-6-17(33)7-4-15/h3-13,25,28-35,37-40H,14H2,1-2H3/p+1. The van der Waals surface area contributed by atoms with Crippen molar-refractivity contribution < 1.29 is 69.0 Å². The number of hydrogen-bond acceptors (Lipinski definition) is 13. The van der Waals surface area contributed by atoms with E-state index in [0.717, 1.165) is 12.1 Å². The molecule has 244 valence electrons. The lowest BCUT2D eigenvalue weighted by molar-refractivity contribution is -0.296. The molecule has 0 amide bonds. The molecule has 1 saturated heterocycles. The first-order valence-electron chi connectivity index (χ1n) is 13.9. The van der Waals surface area contributed by atoms with E-state index in [1.54, 1.807) is 12.1 Å². The molecule has 14 nitrogen and oxygen atoms in total. The third kappa shape index (κ3) is 6.74. The minimum Gasteiger partial charge on any atom is -0.571 e. The molecule has 0 spiro atoms. The summed E-state index contributed by atoms with van der Waals surface area (Å²) >= 11 is 0. The molecule has 14 heteroatoms. The van der Waals surface area contributed by atoms with Gasteiger partial charge in [-0.1, -0.05) is 12.1 Å². The summed E-state index contributed by atoms with van der Waals surface area (Å²) in [6.07, 6.45) is -5.25. The lowest BCUT2D eigenvalue weighted by Gasteiger charge is -2.40. The largest absolute Gasteiger partial charge is 0.571 e. The minimum atomic E-state index is -1.78. The predicted octanol–water partition coefficient (Wildman–Crippen LogP) is 1.94. The number of hydrogen-bond donors (Lipinski definition) is 7. The maximum atomic E-state index is 12.3. The second kappa shape index (κ2) is 13.5. The molecule has 8 N–H and O–H groups in total. The molecule has 3 aromatic rings. The van der Waals surface area contributed by atoms with E-state index < -0.39 is 49.4 Å². The summed E-state index contributed by atoms with van der Waals surface area (Å²) in [5.74, 6) is -1.32. The summed E-state index contributed by atoms with van der Waals surface area (Å²) in [5.41, 5.74) is 1.14. The van der Waals surface area contributed by atoms with E-state index in [9.17, 15) is 40.5 Å². The number of fused-ring (bicyclic) bond motifs is 1. The summed E-state index contributed by atoms with van der Waals surface area (Å²) in [6.45, 7) is -0.522. The fraction of sp³-hybridized carbons (Fsp3) is 0.281. The molecule has 0 bridgehead atoms. The highest BCUT2D eigenvalue weighted by molar-refractivity contribution is 5.87. The smallest absolute Gasteiger partial charge is 0.330 e. The van der Waals surface area contributed by atoms with E-state index in [-0.39, 0.29) is 51.6 Å². The number of carbonyl (C=O) groups is 1. The molecule has 46 heavy (non-hydrogen) atoms. The molecule has 6 atom stereocenters. The van der Waals surface area contributed by atoms with Crippen LogP contribution in [0.5, 0.6) is 40.2 Å². The van der Waals surface area contributed by atoms with Gasteiger partial charge >= 0.3 is 5.97 Å². The quantitative estimate of drug-likeness (QED) is 0.101. The average molecular weight is 642 g/mol. The molecule has 3 aromatic carbocycles. The molecule has 1 fully saturated rings. The van der Waals surface area contributed by atoms with Crippen LogP contribution in [0.25, 0.3) is 12.2 Å². The first kappa shape index (κ1) is 32.2. The normalized spacial score (nSPS) is 24.0. The van der Waals surface area contributed by atoms with Crippen molar-refractivity contribution in [1.82, 2.24) is 0 Å². The number of phenolic OH excluding ortho intramolecular Hbond substituents is 4. The van der Waals surface area contributed by atoms with Crippen molar-refractivity contribution in [3.8, 4) is 40.2 Å². The Morgan fingerprint density at radius 1 is 0.891 bits per heavy atom. The van der Waals surface area contributed by atoms with Gasteiger partial charge in [-0.05, 0) is 35.9 Å². The summed E-state index contributed by atoms with van der Waals surface area (Å²) < 4.78 is 32.1. The van der Waals surface area contributed by atoms with Crippen LogP contribution in [-0.4, -0.2) is 98.0 Å². The molecular formula is C32H33O14+. The highest BCUT2D eigenvalue weighted by atomic mass is 16.7. The number of carbonyl (C=O) groups excluding carboxylic acids is 1. The molecule has 2 aliphatic heterocycles. The van der Waals surface area contributed by atoms with Crippen molar-refractivity contribution in [2.75, 3.05) is 20.8 Å². The third-order valence-corrected chi connectivity index (χ3v) is 7.38. The van der Waals surface area contributed by atoms with Gasteiger partial charge in [0, 0.05) is 18.2 Å². The van der Waals surface area contributed by atoms with Crippen molar-refractivity contribution in [1.29, 1.82) is 0 Å². The fourth-order valence-electron chi connectivity index (χ4n) is 4.94. The van der Waals surface area contributed by atoms with E-state index in [0.29, 0.717) is 11.1 Å². The van der Waals surface area contributed by atoms with Gasteiger partial charge in [-0.15, -0.1) is 0 Å². The number of aliphatic hydroxyl groups excluding tert-OH is 3. The SMILES string of the molecule is COc1cc(C2[OH+]c3cc(O)cc(O)c3C=C2OC2OC(COC(=O)C=Cc3ccc(O)cc3)C(O)C(O)C2O)cc(OC)c1O. The van der Waals surface area contributed by atoms with Crippen LogP contribution in [0.4, 0.5) is 0 Å². The van der Waals surface area contributed by atoms with Gasteiger partial charge in [-0.25, -0.2) is 4.79 Å². The van der Waals surface area contributed by atoms with Crippen LogP contribution >= 0.6 is 0 Å². The topological polar surface area (TPSA) is 218 Å². The van der Waals surface area contributed by atoms with Gasteiger partial charge in [-0.2, -0.15) is 0 Å². The van der Waals surface area contributed by atoms with Gasteiger partial charge in [-0.3, -0.25) is 0 Å². The Kier molecular flexibility index (Phi) is 9.44. The molecule has 2 heterocycles. The van der Waals surface area contributed by atoms with Crippen molar-refractivity contribution in [2.45, 2.75) is 36.8 Å². The third-order valence-electron chi connectivity index (χ3n) is 7.38. The summed E-state index contributed by atoms with van der Waals surface area (Å²) in [5, 5.41) is 72.4. The van der Waals surface area contributed by atoms with Crippen LogP contribution in [0.15, 0.2) is 60.4 Å². The van der Waals surface area contributed by atoms with Crippen LogP contribution < -0.4 is 9.47 Å². The Morgan fingerprint density at radius 2 is 1.57 bits per heavy atom. The van der Waals surface area contributed by atoms with Crippen LogP contribution in [0.1, 0.15) is 22.8 Å². The van der Waals surface area contributed by atoms with Crippen molar-refractivity contribution in [2.24, 2.45) is 0 Å². The monoisotopic (exact) mass is 641 g/mol. The molecule has 5 rings (SSSR count). The predicted molar refractivity (Wildman–Crippen MR) is 159 cm³/mol. The molecule has 2 aliphatic rings. The zero-order valence-electron chi connectivity index (χ0n) is 24.5. The number of phenols is 4. The lowest BCUT2D eigenvalue weighted by atomic mass is 9.98. The van der Waals surface area contributed by atoms with E-state index in [1.807, 2.05) is 0 Å². The Bertz CT molecular complexity index is 1610. The number of aromatic hydroxyl groups is 5. The van der Waals surface area contributed by atoms with E-state index in [1.165, 1.54) is 56.7 Å². The summed E-state index contributed by atoms with van der Waals surface area (Å²) in [7, 11) is 2.67. The first-order chi connectivity index (χ1) is 22.0. The highest BCUT2D eigenvalue weighted by Gasteiger charge is 2.47. The van der Waals surface area contributed by atoms with Crippen molar-refractivity contribution >= 4 is 18.1 Å². The molecule has 6 unspecified atom stereocenters. The highest BCUT2D eigenvalue weighted by Crippen LogP contribution is 2.48. The lowest BCUT2D eigenvalue weighted by Crippen LogP contribution is -2.59. The second-order valence-corrected chi connectivity index (χ2v) is 10.4. The van der Waals surface area contributed by atoms with Gasteiger partial charge in [0.25, 0.3) is 11.9 Å². The van der Waals surface area contributed by atoms with Gasteiger partial charge in [0.2, 0.25) is 12.0 Å². The molecule has 0 aliphatic carbocycles. The van der Waals surface area contributed by atoms with Gasteiger partial charge in [0.15, 0.2) is 17.3 Å². The maximum absolute atomic E-state index is 12.3. The van der Waals surface area contributed by atoms with Crippen molar-refractivity contribution in [3.63, 3.8) is 0 Å². The molecule has 0 radical (unpaired) electrons. The Balaban J connectivity index is 1.40. The first-order valence-corrected chi connectivity index (χ1v) is 13.9. The minimum absolute atomic E-state index is 0.0106. The van der Waals surface area contributed by atoms with Crippen LogP contribution in [0.2, 0.25) is 0 Å². The van der Waals surface area contributed by atoms with Gasteiger partial charge in [0.05, 0.1) is 25.8 Å². The van der Waals surface area contributed by atoms with E-state index in [2.05, 4.69) is 4.74 Å². The number of esters is 1. The fourth-order valence-corrected chi connectivity index (χ4v) is 4.94. The van der Waals surface area contributed by atoms with Crippen LogP contribution in [-0.2, 0) is 19.0 Å². The Morgan fingerprint density at radius 3 is 2.22 bits per heavy atom. The molecular weight excluding hydrogens is 608 g/mol. The van der Waals surface area contributed by atoms with Crippen LogP contribution in [0.3, 0.4) is 0 Å². The molecule has 0 aromatic heterocycles. The van der Waals surface area contributed by atoms with Crippen LogP contribution in [0, 0.1) is 0 Å². The van der Waals surface area contributed by atoms with E-state index >= 15 is 0 Å². The number of benzene rings is 3. The summed E-state index contributed by atoms with van der Waals surface area (Å²) in [6, 6.07) is 11.4. The zero-order valence-corrected chi connectivity index (χ0v) is 24.5. The van der Waals surface area contributed by atoms with Gasteiger partial charge in [0.1, 0.15) is 53.8 Å². The Hall–Kier alpha value is -5.15. The number of rotatable bonds is 9. The number of methoxy groups -OCH3 is 2. The number of ether oxygens (including phenoxy) is 6. The van der Waals surface area contributed by atoms with Gasteiger partial charge < -0.3 is 64.2 Å². The van der Waals surface area contributed by atoms with E-state index in [4.69, 9.17) is 23.7 Å². The average Bonchev–Trinajstić information content (AvgIpc) is 3.04.